The molecule has 0 saturated carbocycles. The van der Waals surface area contributed by atoms with Crippen LogP contribution in [0.2, 0.25) is 0 Å². The van der Waals surface area contributed by atoms with Gasteiger partial charge in [0.25, 0.3) is 0 Å². The van der Waals surface area contributed by atoms with Gasteiger partial charge in [-0.1, -0.05) is 26.5 Å². The molecule has 0 amide bonds. The Hall–Kier alpha value is -0.720. The van der Waals surface area contributed by atoms with Crippen molar-refractivity contribution in [1.82, 2.24) is 5.32 Å². The fourth-order valence-electron chi connectivity index (χ4n) is 0.680. The van der Waals surface area contributed by atoms with Gasteiger partial charge in [-0.3, -0.25) is 0 Å². The third kappa shape index (κ3) is 3.33. The molecule has 58 valence electrons. The van der Waals surface area contributed by atoms with Gasteiger partial charge in [-0.05, 0) is 19.8 Å². The summed E-state index contributed by atoms with van der Waals surface area (Å²) in [6.45, 7) is 10.1. The van der Waals surface area contributed by atoms with Crippen molar-refractivity contribution < 1.29 is 0 Å². The van der Waals surface area contributed by atoms with Crippen LogP contribution < -0.4 is 5.32 Å². The maximum Gasteiger partial charge on any atom is 0.0102 e. The molecule has 0 atom stereocenters. The minimum absolute atomic E-state index is 0.997. The maximum atomic E-state index is 3.86. The minimum Gasteiger partial charge on any atom is -0.363 e. The molecule has 0 radical (unpaired) electrons. The van der Waals surface area contributed by atoms with Crippen LogP contribution in [0.3, 0.4) is 0 Å². The number of allylic oxidation sites excluding steroid dienone is 3. The third-order valence-electron chi connectivity index (χ3n) is 1.49. The van der Waals surface area contributed by atoms with Crippen LogP contribution >= 0.6 is 0 Å². The van der Waals surface area contributed by atoms with Gasteiger partial charge in [0.15, 0.2) is 0 Å². The highest BCUT2D eigenvalue weighted by molar-refractivity contribution is 5.06. The molecule has 0 saturated heterocycles. The second-order valence-corrected chi connectivity index (χ2v) is 2.25. The molecule has 0 aliphatic rings. The molecule has 1 nitrogen and oxygen atoms in total. The zero-order chi connectivity index (χ0) is 7.98. The predicted molar refractivity (Wildman–Crippen MR) is 46.6 cm³/mol. The van der Waals surface area contributed by atoms with Crippen LogP contribution in [-0.2, 0) is 0 Å². The van der Waals surface area contributed by atoms with Crippen molar-refractivity contribution in [2.75, 3.05) is 0 Å². The summed E-state index contributed by atoms with van der Waals surface area (Å²) in [5.74, 6) is 0. The van der Waals surface area contributed by atoms with Gasteiger partial charge in [-0.2, -0.15) is 0 Å². The Balaban J connectivity index is 3.76. The lowest BCUT2D eigenvalue weighted by molar-refractivity contribution is 0.846. The van der Waals surface area contributed by atoms with Crippen LogP contribution in [0, 0.1) is 0 Å². The summed E-state index contributed by atoms with van der Waals surface area (Å²) in [6, 6.07) is 0. The monoisotopic (exact) mass is 139 g/mol. The lowest BCUT2D eigenvalue weighted by atomic mass is 10.3. The van der Waals surface area contributed by atoms with Crippen LogP contribution in [0.5, 0.6) is 0 Å². The first-order valence-electron chi connectivity index (χ1n) is 3.84. The van der Waals surface area contributed by atoms with E-state index in [0.29, 0.717) is 0 Å². The maximum absolute atomic E-state index is 3.86. The third-order valence-corrected chi connectivity index (χ3v) is 1.49. The van der Waals surface area contributed by atoms with Gasteiger partial charge in [0.05, 0.1) is 0 Å². The molecule has 1 N–H and O–H groups in total. The Kier molecular flexibility index (Phi) is 4.73. The van der Waals surface area contributed by atoms with Crippen LogP contribution in [0.15, 0.2) is 24.0 Å². The summed E-state index contributed by atoms with van der Waals surface area (Å²) in [7, 11) is 0. The lowest BCUT2D eigenvalue weighted by Crippen LogP contribution is -2.09. The fraction of sp³-hybridized carbons (Fsp3) is 0.556. The zero-order valence-electron chi connectivity index (χ0n) is 7.20. The highest BCUT2D eigenvalue weighted by atomic mass is 14.9. The molecule has 0 aliphatic heterocycles. The predicted octanol–water partition coefficient (Wildman–Crippen LogP) is 2.81. The standard InChI is InChI=1S/C9H17N/c1-5-8(4)10-9(6-2)7-3/h6,10H,4-5,7H2,1-3H3/b9-6-. The molecule has 0 aromatic rings. The summed E-state index contributed by atoms with van der Waals surface area (Å²) in [4.78, 5) is 0. The van der Waals surface area contributed by atoms with Gasteiger partial charge in [0.2, 0.25) is 0 Å². The van der Waals surface area contributed by atoms with E-state index in [9.17, 15) is 0 Å². The Morgan fingerprint density at radius 2 is 2.00 bits per heavy atom. The molecule has 0 aromatic heterocycles. The Morgan fingerprint density at radius 1 is 1.40 bits per heavy atom. The molecule has 0 unspecified atom stereocenters. The van der Waals surface area contributed by atoms with Gasteiger partial charge >= 0.3 is 0 Å². The van der Waals surface area contributed by atoms with Crippen molar-refractivity contribution in [1.29, 1.82) is 0 Å². The van der Waals surface area contributed by atoms with Crippen molar-refractivity contribution in [2.24, 2.45) is 0 Å². The van der Waals surface area contributed by atoms with E-state index in [0.717, 1.165) is 18.5 Å². The molecule has 0 bridgehead atoms. The smallest absolute Gasteiger partial charge is 0.0102 e. The molecule has 0 spiro atoms. The van der Waals surface area contributed by atoms with Crippen LogP contribution in [0.4, 0.5) is 0 Å². The number of hydrogen-bond donors (Lipinski definition) is 1. The molecule has 0 rings (SSSR count). The first-order valence-corrected chi connectivity index (χ1v) is 3.84. The van der Waals surface area contributed by atoms with Crippen LogP contribution in [-0.4, -0.2) is 0 Å². The molecular weight excluding hydrogens is 122 g/mol. The fourth-order valence-corrected chi connectivity index (χ4v) is 0.680. The van der Waals surface area contributed by atoms with E-state index in [1.54, 1.807) is 0 Å². The van der Waals surface area contributed by atoms with Crippen molar-refractivity contribution in [3.8, 4) is 0 Å². The van der Waals surface area contributed by atoms with E-state index in [1.165, 1.54) is 5.70 Å². The Bertz CT molecular complexity index is 134. The van der Waals surface area contributed by atoms with E-state index >= 15 is 0 Å². The average Bonchev–Trinajstić information content (AvgIpc) is 1.99. The zero-order valence-corrected chi connectivity index (χ0v) is 7.20. The number of hydrogen-bond acceptors (Lipinski definition) is 1. The Labute approximate surface area is 63.8 Å². The quantitative estimate of drug-likeness (QED) is 0.631. The van der Waals surface area contributed by atoms with E-state index in [1.807, 2.05) is 6.92 Å². The van der Waals surface area contributed by atoms with Crippen molar-refractivity contribution in [2.45, 2.75) is 33.6 Å². The minimum atomic E-state index is 0.997. The van der Waals surface area contributed by atoms with Crippen molar-refractivity contribution >= 4 is 0 Å². The second kappa shape index (κ2) is 5.10. The largest absolute Gasteiger partial charge is 0.363 e. The second-order valence-electron chi connectivity index (χ2n) is 2.25. The van der Waals surface area contributed by atoms with E-state index in [4.69, 9.17) is 0 Å². The van der Waals surface area contributed by atoms with Gasteiger partial charge < -0.3 is 5.32 Å². The first kappa shape index (κ1) is 9.28. The summed E-state index contributed by atoms with van der Waals surface area (Å²) in [5, 5.41) is 3.23. The lowest BCUT2D eigenvalue weighted by Gasteiger charge is -2.08. The van der Waals surface area contributed by atoms with Gasteiger partial charge in [-0.25, -0.2) is 0 Å². The van der Waals surface area contributed by atoms with Crippen LogP contribution in [0.1, 0.15) is 33.6 Å². The van der Waals surface area contributed by atoms with Crippen molar-refractivity contribution in [3.63, 3.8) is 0 Å². The SMILES string of the molecule is C=C(CC)N/C(=C\C)CC. The van der Waals surface area contributed by atoms with E-state index < -0.39 is 0 Å². The van der Waals surface area contributed by atoms with E-state index in [2.05, 4.69) is 31.8 Å². The van der Waals surface area contributed by atoms with E-state index in [-0.39, 0.29) is 0 Å². The molecular formula is C9H17N. The molecule has 0 heterocycles. The normalized spacial score (nSPS) is 11.3. The summed E-state index contributed by atoms with van der Waals surface area (Å²) in [5.41, 5.74) is 2.35. The van der Waals surface area contributed by atoms with Crippen molar-refractivity contribution in [3.05, 3.63) is 24.0 Å². The molecule has 0 aromatic carbocycles. The highest BCUT2D eigenvalue weighted by Gasteiger charge is 1.91. The van der Waals surface area contributed by atoms with Crippen LogP contribution in [0.25, 0.3) is 0 Å². The molecule has 1 heteroatoms. The average molecular weight is 139 g/mol. The summed E-state index contributed by atoms with van der Waals surface area (Å²) < 4.78 is 0. The first-order chi connectivity index (χ1) is 4.74. The van der Waals surface area contributed by atoms with Gasteiger partial charge in [0.1, 0.15) is 0 Å². The molecule has 10 heavy (non-hydrogen) atoms. The Morgan fingerprint density at radius 3 is 2.30 bits per heavy atom. The van der Waals surface area contributed by atoms with Gasteiger partial charge in [-0.15, -0.1) is 0 Å². The molecule has 0 fully saturated rings. The number of nitrogens with one attached hydrogen (secondary N) is 1. The molecule has 0 aliphatic carbocycles. The van der Waals surface area contributed by atoms with Gasteiger partial charge in [0, 0.05) is 11.4 Å². The summed E-state index contributed by atoms with van der Waals surface area (Å²) >= 11 is 0. The highest BCUT2D eigenvalue weighted by Crippen LogP contribution is 2.00. The topological polar surface area (TPSA) is 12.0 Å². The number of rotatable bonds is 4. The summed E-state index contributed by atoms with van der Waals surface area (Å²) in [6.07, 6.45) is 4.13.